The summed E-state index contributed by atoms with van der Waals surface area (Å²) in [6, 6.07) is -0.631. The highest BCUT2D eigenvalue weighted by atomic mass is 16.5. The van der Waals surface area contributed by atoms with Crippen molar-refractivity contribution in [1.29, 1.82) is 0 Å². The van der Waals surface area contributed by atoms with Gasteiger partial charge < -0.3 is 15.4 Å². The molecule has 0 bridgehead atoms. The van der Waals surface area contributed by atoms with Gasteiger partial charge >= 0.3 is 5.97 Å². The molecule has 0 aliphatic carbocycles. The quantitative estimate of drug-likeness (QED) is 0.651. The van der Waals surface area contributed by atoms with Crippen molar-refractivity contribution in [1.82, 2.24) is 15.5 Å². The number of amides is 1. The Balaban J connectivity index is 2.83. The van der Waals surface area contributed by atoms with E-state index in [4.69, 9.17) is 4.74 Å². The van der Waals surface area contributed by atoms with Gasteiger partial charge in [0, 0.05) is 26.7 Å². The molecule has 1 aliphatic rings. The van der Waals surface area contributed by atoms with Crippen LogP contribution in [-0.2, 0) is 14.3 Å². The Bertz CT molecular complexity index is 310. The Kier molecular flexibility index (Phi) is 6.80. The summed E-state index contributed by atoms with van der Waals surface area (Å²) in [6.07, 6.45) is 1.60. The second-order valence-electron chi connectivity index (χ2n) is 4.63. The monoisotopic (exact) mass is 271 g/mol. The average molecular weight is 271 g/mol. The van der Waals surface area contributed by atoms with Crippen LogP contribution in [0, 0.1) is 0 Å². The van der Waals surface area contributed by atoms with E-state index in [-0.39, 0.29) is 24.0 Å². The lowest BCUT2D eigenvalue weighted by atomic mass is 10.0. The number of rotatable bonds is 6. The van der Waals surface area contributed by atoms with Gasteiger partial charge in [0.25, 0.3) is 0 Å². The first-order chi connectivity index (χ1) is 9.15. The van der Waals surface area contributed by atoms with Gasteiger partial charge in [0.05, 0.1) is 6.61 Å². The van der Waals surface area contributed by atoms with Crippen LogP contribution in [0.15, 0.2) is 0 Å². The van der Waals surface area contributed by atoms with Crippen LogP contribution in [0.3, 0.4) is 0 Å². The van der Waals surface area contributed by atoms with Crippen molar-refractivity contribution < 1.29 is 14.3 Å². The van der Waals surface area contributed by atoms with Crippen molar-refractivity contribution in [3.05, 3.63) is 0 Å². The molecule has 0 aromatic rings. The van der Waals surface area contributed by atoms with Crippen molar-refractivity contribution in [2.75, 3.05) is 33.3 Å². The lowest BCUT2D eigenvalue weighted by molar-refractivity contribution is -0.152. The average Bonchev–Trinajstić information content (AvgIpc) is 2.44. The Hall–Kier alpha value is -1.14. The van der Waals surface area contributed by atoms with Crippen LogP contribution in [0.4, 0.5) is 0 Å². The summed E-state index contributed by atoms with van der Waals surface area (Å²) < 4.78 is 5.14. The first kappa shape index (κ1) is 15.9. The number of ether oxygens (including phenoxy) is 1. The van der Waals surface area contributed by atoms with Crippen LogP contribution in [0.1, 0.15) is 26.7 Å². The molecule has 19 heavy (non-hydrogen) atoms. The molecule has 6 nitrogen and oxygen atoms in total. The van der Waals surface area contributed by atoms with Crippen LogP contribution in [0.25, 0.3) is 0 Å². The van der Waals surface area contributed by atoms with E-state index in [1.165, 1.54) is 0 Å². The summed E-state index contributed by atoms with van der Waals surface area (Å²) in [6.45, 7) is 6.24. The molecule has 1 aliphatic heterocycles. The second kappa shape index (κ2) is 8.12. The molecule has 2 N–H and O–H groups in total. The normalized spacial score (nSPS) is 21.7. The molecule has 1 rings (SSSR count). The first-order valence-electron chi connectivity index (χ1n) is 7.00. The van der Waals surface area contributed by atoms with Gasteiger partial charge in [-0.15, -0.1) is 0 Å². The fourth-order valence-corrected chi connectivity index (χ4v) is 2.43. The van der Waals surface area contributed by atoms with Gasteiger partial charge in [-0.25, -0.2) is 0 Å². The molecule has 1 heterocycles. The third kappa shape index (κ3) is 4.18. The minimum atomic E-state index is -0.325. The van der Waals surface area contributed by atoms with E-state index < -0.39 is 0 Å². The maximum absolute atomic E-state index is 12.1. The number of hydrogen-bond acceptors (Lipinski definition) is 5. The van der Waals surface area contributed by atoms with Crippen LogP contribution < -0.4 is 10.6 Å². The molecular weight excluding hydrogens is 246 g/mol. The highest BCUT2D eigenvalue weighted by molar-refractivity contribution is 5.83. The summed E-state index contributed by atoms with van der Waals surface area (Å²) in [5.74, 6) is -0.280. The van der Waals surface area contributed by atoms with Gasteiger partial charge in [0.1, 0.15) is 12.1 Å². The molecule has 1 amide bonds. The predicted molar refractivity (Wildman–Crippen MR) is 72.8 cm³/mol. The van der Waals surface area contributed by atoms with E-state index in [1.807, 2.05) is 11.8 Å². The number of likely N-dealkylation sites (N-methyl/N-ethyl adjacent to an activating group) is 1. The first-order valence-corrected chi connectivity index (χ1v) is 7.00. The van der Waals surface area contributed by atoms with E-state index in [0.717, 1.165) is 13.0 Å². The molecule has 6 heteroatoms. The maximum Gasteiger partial charge on any atom is 0.323 e. The van der Waals surface area contributed by atoms with E-state index >= 15 is 0 Å². The number of carbonyl (C=O) groups is 2. The molecule has 0 radical (unpaired) electrons. The fraction of sp³-hybridized carbons (Fsp3) is 0.846. The standard InChI is InChI=1S/C13H25N3O3/c1-4-6-10(13(18)19-5-2)16-8-7-15-9-11(16)12(17)14-3/h10-11,15H,4-9H2,1-3H3,(H,14,17). The minimum Gasteiger partial charge on any atom is -0.465 e. The molecule has 0 spiro atoms. The summed E-state index contributed by atoms with van der Waals surface area (Å²) in [7, 11) is 1.62. The highest BCUT2D eigenvalue weighted by Crippen LogP contribution is 2.15. The molecular formula is C13H25N3O3. The largest absolute Gasteiger partial charge is 0.465 e. The molecule has 110 valence electrons. The molecule has 2 atom stereocenters. The molecule has 2 unspecified atom stereocenters. The lowest BCUT2D eigenvalue weighted by Crippen LogP contribution is -2.62. The number of carbonyl (C=O) groups excluding carboxylic acids is 2. The second-order valence-corrected chi connectivity index (χ2v) is 4.63. The van der Waals surface area contributed by atoms with Crippen molar-refractivity contribution in [3.63, 3.8) is 0 Å². The van der Waals surface area contributed by atoms with Crippen LogP contribution in [-0.4, -0.2) is 62.1 Å². The van der Waals surface area contributed by atoms with Gasteiger partial charge in [0.2, 0.25) is 5.91 Å². The summed E-state index contributed by atoms with van der Waals surface area (Å²) in [4.78, 5) is 26.0. The third-order valence-corrected chi connectivity index (χ3v) is 3.35. The zero-order valence-electron chi connectivity index (χ0n) is 12.1. The van der Waals surface area contributed by atoms with Crippen LogP contribution in [0.2, 0.25) is 0 Å². The van der Waals surface area contributed by atoms with Crippen molar-refractivity contribution in [2.45, 2.75) is 38.8 Å². The topological polar surface area (TPSA) is 70.7 Å². The van der Waals surface area contributed by atoms with E-state index in [9.17, 15) is 9.59 Å². The Morgan fingerprint density at radius 3 is 2.79 bits per heavy atom. The van der Waals surface area contributed by atoms with Gasteiger partial charge in [-0.2, -0.15) is 0 Å². The smallest absolute Gasteiger partial charge is 0.323 e. The van der Waals surface area contributed by atoms with Crippen molar-refractivity contribution in [3.8, 4) is 0 Å². The summed E-state index contributed by atoms with van der Waals surface area (Å²) >= 11 is 0. The summed E-state index contributed by atoms with van der Waals surface area (Å²) in [5, 5.41) is 5.85. The van der Waals surface area contributed by atoms with Crippen LogP contribution >= 0.6 is 0 Å². The van der Waals surface area contributed by atoms with Gasteiger partial charge in [0.15, 0.2) is 0 Å². The maximum atomic E-state index is 12.1. The Morgan fingerprint density at radius 2 is 2.21 bits per heavy atom. The lowest BCUT2D eigenvalue weighted by Gasteiger charge is -2.39. The highest BCUT2D eigenvalue weighted by Gasteiger charge is 2.36. The van der Waals surface area contributed by atoms with E-state index in [0.29, 0.717) is 26.1 Å². The van der Waals surface area contributed by atoms with Gasteiger partial charge in [-0.05, 0) is 13.3 Å². The Labute approximate surface area is 114 Å². The van der Waals surface area contributed by atoms with Gasteiger partial charge in [-0.1, -0.05) is 13.3 Å². The zero-order valence-corrected chi connectivity index (χ0v) is 12.1. The van der Waals surface area contributed by atoms with Gasteiger partial charge in [-0.3, -0.25) is 14.5 Å². The van der Waals surface area contributed by atoms with E-state index in [2.05, 4.69) is 10.6 Å². The molecule has 1 fully saturated rings. The number of nitrogens with zero attached hydrogens (tertiary/aromatic N) is 1. The molecule has 0 saturated carbocycles. The minimum absolute atomic E-state index is 0.0578. The number of piperazine rings is 1. The number of hydrogen-bond donors (Lipinski definition) is 2. The predicted octanol–water partition coefficient (Wildman–Crippen LogP) is -0.262. The number of nitrogens with one attached hydrogen (secondary N) is 2. The SMILES string of the molecule is CCCC(C(=O)OCC)N1CCNCC1C(=O)NC. The van der Waals surface area contributed by atoms with Crippen molar-refractivity contribution in [2.24, 2.45) is 0 Å². The number of esters is 1. The van der Waals surface area contributed by atoms with Crippen molar-refractivity contribution >= 4 is 11.9 Å². The molecule has 0 aromatic heterocycles. The van der Waals surface area contributed by atoms with E-state index in [1.54, 1.807) is 14.0 Å². The molecule has 0 aromatic carbocycles. The van der Waals surface area contributed by atoms with Crippen LogP contribution in [0.5, 0.6) is 0 Å². The Morgan fingerprint density at radius 1 is 1.47 bits per heavy atom. The fourth-order valence-electron chi connectivity index (χ4n) is 2.43. The third-order valence-electron chi connectivity index (χ3n) is 3.35. The zero-order chi connectivity index (χ0) is 14.3. The molecule has 1 saturated heterocycles. The summed E-state index contributed by atoms with van der Waals surface area (Å²) in [5.41, 5.74) is 0.